The van der Waals surface area contributed by atoms with Crippen LogP contribution in [0.4, 0.5) is 0 Å². The maximum absolute atomic E-state index is 5.50. The van der Waals surface area contributed by atoms with Crippen LogP contribution < -0.4 is 0 Å². The minimum Gasteiger partial charge on any atom is -0.381 e. The van der Waals surface area contributed by atoms with Gasteiger partial charge in [0.1, 0.15) is 0 Å². The number of hydrogen-bond acceptors (Lipinski definition) is 2. The highest BCUT2D eigenvalue weighted by Crippen LogP contribution is 1.96. The second kappa shape index (κ2) is 11.0. The van der Waals surface area contributed by atoms with Gasteiger partial charge in [0.25, 0.3) is 0 Å². The first-order valence-corrected chi connectivity index (χ1v) is 6.07. The minimum absolute atomic E-state index is 0.944. The maximum atomic E-state index is 5.50. The standard InChI is InChI=1S/C12H27NO/c1-4-6-11-14-12-8-7-10-13(3)9-5-2/h4-12H2,1-3H3. The molecular formula is C12H27NO. The Kier molecular flexibility index (Phi) is 10.9. The summed E-state index contributed by atoms with van der Waals surface area (Å²) in [5, 5.41) is 0. The van der Waals surface area contributed by atoms with Crippen molar-refractivity contribution in [2.45, 2.75) is 46.0 Å². The van der Waals surface area contributed by atoms with E-state index in [-0.39, 0.29) is 0 Å². The number of nitrogens with zero attached hydrogens (tertiary/aromatic N) is 1. The molecule has 0 rings (SSSR count). The number of ether oxygens (including phenoxy) is 1. The third-order valence-corrected chi connectivity index (χ3v) is 2.33. The SMILES string of the molecule is CCCCOCCCCN(C)CCC. The zero-order valence-electron chi connectivity index (χ0n) is 10.2. The fraction of sp³-hybridized carbons (Fsp3) is 1.00. The van der Waals surface area contributed by atoms with Crippen LogP contribution in [0, 0.1) is 0 Å². The van der Waals surface area contributed by atoms with Crippen molar-refractivity contribution >= 4 is 0 Å². The van der Waals surface area contributed by atoms with E-state index in [0.717, 1.165) is 13.2 Å². The zero-order valence-corrected chi connectivity index (χ0v) is 10.2. The van der Waals surface area contributed by atoms with Crippen molar-refractivity contribution in [3.05, 3.63) is 0 Å². The lowest BCUT2D eigenvalue weighted by atomic mass is 10.3. The third-order valence-electron chi connectivity index (χ3n) is 2.33. The molecule has 14 heavy (non-hydrogen) atoms. The Morgan fingerprint density at radius 3 is 2.21 bits per heavy atom. The number of rotatable bonds is 10. The van der Waals surface area contributed by atoms with E-state index in [1.807, 2.05) is 0 Å². The molecule has 0 aromatic carbocycles. The Morgan fingerprint density at radius 1 is 0.857 bits per heavy atom. The van der Waals surface area contributed by atoms with E-state index in [1.165, 1.54) is 45.2 Å². The molecule has 0 aliphatic carbocycles. The lowest BCUT2D eigenvalue weighted by Gasteiger charge is -2.14. The fourth-order valence-electron chi connectivity index (χ4n) is 1.43. The topological polar surface area (TPSA) is 12.5 Å². The normalized spacial score (nSPS) is 11.1. The van der Waals surface area contributed by atoms with Gasteiger partial charge in [-0.15, -0.1) is 0 Å². The summed E-state index contributed by atoms with van der Waals surface area (Å²) in [5.41, 5.74) is 0. The molecule has 0 bridgehead atoms. The van der Waals surface area contributed by atoms with Gasteiger partial charge in [-0.2, -0.15) is 0 Å². The third kappa shape index (κ3) is 10.0. The zero-order chi connectivity index (χ0) is 10.6. The van der Waals surface area contributed by atoms with Gasteiger partial charge in [-0.25, -0.2) is 0 Å². The molecule has 0 fully saturated rings. The quantitative estimate of drug-likeness (QED) is 0.504. The van der Waals surface area contributed by atoms with Crippen LogP contribution in [0.2, 0.25) is 0 Å². The Hall–Kier alpha value is -0.0800. The molecule has 2 heteroatoms. The van der Waals surface area contributed by atoms with Crippen LogP contribution in [0.3, 0.4) is 0 Å². The molecule has 86 valence electrons. The molecule has 0 aliphatic heterocycles. The molecule has 0 saturated heterocycles. The minimum atomic E-state index is 0.944. The molecule has 0 unspecified atom stereocenters. The van der Waals surface area contributed by atoms with Crippen molar-refractivity contribution < 1.29 is 4.74 Å². The number of hydrogen-bond donors (Lipinski definition) is 0. The molecule has 0 aliphatic rings. The smallest absolute Gasteiger partial charge is 0.0466 e. The van der Waals surface area contributed by atoms with Crippen molar-refractivity contribution in [1.82, 2.24) is 4.90 Å². The summed E-state index contributed by atoms with van der Waals surface area (Å²) in [6.07, 6.45) is 6.17. The van der Waals surface area contributed by atoms with E-state index in [2.05, 4.69) is 25.8 Å². The average Bonchev–Trinajstić information content (AvgIpc) is 2.17. The lowest BCUT2D eigenvalue weighted by molar-refractivity contribution is 0.125. The summed E-state index contributed by atoms with van der Waals surface area (Å²) in [5.74, 6) is 0. The van der Waals surface area contributed by atoms with Crippen LogP contribution in [-0.2, 0) is 4.74 Å². The summed E-state index contributed by atoms with van der Waals surface area (Å²) in [4.78, 5) is 2.39. The molecule has 0 radical (unpaired) electrons. The van der Waals surface area contributed by atoms with Gasteiger partial charge in [-0.05, 0) is 45.8 Å². The van der Waals surface area contributed by atoms with Gasteiger partial charge in [-0.1, -0.05) is 20.3 Å². The summed E-state index contributed by atoms with van der Waals surface area (Å²) >= 11 is 0. The first-order chi connectivity index (χ1) is 6.81. The van der Waals surface area contributed by atoms with E-state index >= 15 is 0 Å². The molecule has 0 N–H and O–H groups in total. The Labute approximate surface area is 89.6 Å². The van der Waals surface area contributed by atoms with Crippen LogP contribution in [-0.4, -0.2) is 38.3 Å². The van der Waals surface area contributed by atoms with Gasteiger partial charge in [-0.3, -0.25) is 0 Å². The van der Waals surface area contributed by atoms with Gasteiger partial charge in [0.05, 0.1) is 0 Å². The van der Waals surface area contributed by atoms with Crippen LogP contribution in [0.1, 0.15) is 46.0 Å². The van der Waals surface area contributed by atoms with Crippen molar-refractivity contribution in [2.75, 3.05) is 33.4 Å². The molecule has 0 atom stereocenters. The van der Waals surface area contributed by atoms with Crippen LogP contribution >= 0.6 is 0 Å². The maximum Gasteiger partial charge on any atom is 0.0466 e. The van der Waals surface area contributed by atoms with Gasteiger partial charge >= 0.3 is 0 Å². The van der Waals surface area contributed by atoms with E-state index < -0.39 is 0 Å². The highest BCUT2D eigenvalue weighted by molar-refractivity contribution is 4.50. The highest BCUT2D eigenvalue weighted by Gasteiger charge is 1.95. The fourth-order valence-corrected chi connectivity index (χ4v) is 1.43. The van der Waals surface area contributed by atoms with E-state index in [4.69, 9.17) is 4.74 Å². The first-order valence-electron chi connectivity index (χ1n) is 6.07. The summed E-state index contributed by atoms with van der Waals surface area (Å²) in [6, 6.07) is 0. The molecule has 0 aromatic rings. The monoisotopic (exact) mass is 201 g/mol. The van der Waals surface area contributed by atoms with Crippen molar-refractivity contribution in [3.8, 4) is 0 Å². The van der Waals surface area contributed by atoms with E-state index in [0.29, 0.717) is 0 Å². The van der Waals surface area contributed by atoms with Gasteiger partial charge < -0.3 is 9.64 Å². The Morgan fingerprint density at radius 2 is 1.57 bits per heavy atom. The highest BCUT2D eigenvalue weighted by atomic mass is 16.5. The van der Waals surface area contributed by atoms with Gasteiger partial charge in [0.2, 0.25) is 0 Å². The van der Waals surface area contributed by atoms with Crippen LogP contribution in [0.15, 0.2) is 0 Å². The summed E-state index contributed by atoms with van der Waals surface area (Å²) < 4.78 is 5.50. The van der Waals surface area contributed by atoms with Crippen LogP contribution in [0.5, 0.6) is 0 Å². The Balaban J connectivity index is 2.98. The van der Waals surface area contributed by atoms with E-state index in [1.54, 1.807) is 0 Å². The van der Waals surface area contributed by atoms with Crippen LogP contribution in [0.25, 0.3) is 0 Å². The molecule has 0 heterocycles. The van der Waals surface area contributed by atoms with Crippen molar-refractivity contribution in [3.63, 3.8) is 0 Å². The van der Waals surface area contributed by atoms with Crippen molar-refractivity contribution in [1.29, 1.82) is 0 Å². The summed E-state index contributed by atoms with van der Waals surface area (Å²) in [7, 11) is 2.20. The van der Waals surface area contributed by atoms with Gasteiger partial charge in [0.15, 0.2) is 0 Å². The number of unbranched alkanes of at least 4 members (excludes halogenated alkanes) is 2. The molecule has 2 nitrogen and oxygen atoms in total. The predicted molar refractivity (Wildman–Crippen MR) is 62.7 cm³/mol. The second-order valence-electron chi connectivity index (χ2n) is 3.98. The van der Waals surface area contributed by atoms with Gasteiger partial charge in [0, 0.05) is 13.2 Å². The first kappa shape index (κ1) is 13.9. The molecular weight excluding hydrogens is 174 g/mol. The summed E-state index contributed by atoms with van der Waals surface area (Å²) in [6.45, 7) is 8.75. The average molecular weight is 201 g/mol. The Bertz CT molecular complexity index is 106. The predicted octanol–water partition coefficient (Wildman–Crippen LogP) is 2.93. The molecule has 0 saturated carbocycles. The van der Waals surface area contributed by atoms with Crippen molar-refractivity contribution in [2.24, 2.45) is 0 Å². The van der Waals surface area contributed by atoms with E-state index in [9.17, 15) is 0 Å². The second-order valence-corrected chi connectivity index (χ2v) is 3.98. The molecule has 0 amide bonds. The molecule has 0 aromatic heterocycles. The molecule has 0 spiro atoms. The largest absolute Gasteiger partial charge is 0.381 e. The lowest BCUT2D eigenvalue weighted by Crippen LogP contribution is -2.20.